The number of nitrogens with one attached hydrogen (secondary N) is 2. The molecule has 14 heavy (non-hydrogen) atoms. The molecule has 0 aliphatic heterocycles. The number of rotatable bonds is 5. The molecule has 2 amide bonds. The molecular formula is C9H19N3O2. The smallest absolute Gasteiger partial charge is 0.239 e. The first-order valence-electron chi connectivity index (χ1n) is 4.71. The predicted octanol–water partition coefficient (Wildman–Crippen LogP) is -0.920. The molecule has 5 nitrogen and oxygen atoms in total. The molecule has 1 atom stereocenters. The van der Waals surface area contributed by atoms with E-state index in [0.29, 0.717) is 6.54 Å². The van der Waals surface area contributed by atoms with Crippen LogP contribution in [0.25, 0.3) is 0 Å². The zero-order chi connectivity index (χ0) is 11.1. The highest BCUT2D eigenvalue weighted by atomic mass is 16.2. The molecule has 0 aromatic carbocycles. The molecule has 0 spiro atoms. The third-order valence-corrected chi connectivity index (χ3v) is 2.10. The molecule has 5 heteroatoms. The topological polar surface area (TPSA) is 84.2 Å². The summed E-state index contributed by atoms with van der Waals surface area (Å²) in [5.41, 5.74) is 5.45. The molecule has 0 aliphatic carbocycles. The first-order chi connectivity index (χ1) is 6.52. The molecule has 0 aromatic heterocycles. The van der Waals surface area contributed by atoms with Crippen molar-refractivity contribution in [1.82, 2.24) is 10.6 Å². The van der Waals surface area contributed by atoms with Gasteiger partial charge in [0.2, 0.25) is 11.8 Å². The predicted molar refractivity (Wildman–Crippen MR) is 54.5 cm³/mol. The second-order valence-electron chi connectivity index (χ2n) is 3.48. The summed E-state index contributed by atoms with van der Waals surface area (Å²) in [6, 6.07) is 0. The molecule has 4 N–H and O–H groups in total. The highest BCUT2D eigenvalue weighted by Gasteiger charge is 2.20. The second-order valence-corrected chi connectivity index (χ2v) is 3.48. The summed E-state index contributed by atoms with van der Waals surface area (Å²) in [6.45, 7) is 4.17. The van der Waals surface area contributed by atoms with Crippen LogP contribution in [0.5, 0.6) is 0 Å². The van der Waals surface area contributed by atoms with Crippen LogP contribution in [0.1, 0.15) is 13.8 Å². The molecule has 0 saturated heterocycles. The summed E-state index contributed by atoms with van der Waals surface area (Å²) in [4.78, 5) is 22.3. The number of carbonyl (C=O) groups is 2. The van der Waals surface area contributed by atoms with E-state index < -0.39 is 0 Å². The quantitative estimate of drug-likeness (QED) is 0.538. The maximum absolute atomic E-state index is 11.5. The lowest BCUT2D eigenvalue weighted by Gasteiger charge is -2.17. The third-order valence-electron chi connectivity index (χ3n) is 2.10. The summed E-state index contributed by atoms with van der Waals surface area (Å²) in [5.74, 6) is -0.409. The van der Waals surface area contributed by atoms with Crippen molar-refractivity contribution in [1.29, 1.82) is 0 Å². The monoisotopic (exact) mass is 201 g/mol. The first kappa shape index (κ1) is 12.9. The van der Waals surface area contributed by atoms with Crippen molar-refractivity contribution in [3.05, 3.63) is 0 Å². The van der Waals surface area contributed by atoms with Crippen molar-refractivity contribution in [2.75, 3.05) is 20.1 Å². The van der Waals surface area contributed by atoms with Crippen LogP contribution < -0.4 is 16.4 Å². The van der Waals surface area contributed by atoms with Gasteiger partial charge < -0.3 is 16.4 Å². The van der Waals surface area contributed by atoms with E-state index in [1.54, 1.807) is 0 Å². The highest BCUT2D eigenvalue weighted by Crippen LogP contribution is 2.08. The van der Waals surface area contributed by atoms with Gasteiger partial charge in [-0.25, -0.2) is 0 Å². The van der Waals surface area contributed by atoms with Gasteiger partial charge in [-0.3, -0.25) is 9.59 Å². The van der Waals surface area contributed by atoms with Crippen LogP contribution in [0.3, 0.4) is 0 Å². The van der Waals surface area contributed by atoms with Gasteiger partial charge in [-0.15, -0.1) is 0 Å². The van der Waals surface area contributed by atoms with Crippen LogP contribution in [-0.2, 0) is 9.59 Å². The molecule has 0 rings (SSSR count). The van der Waals surface area contributed by atoms with Gasteiger partial charge >= 0.3 is 0 Å². The number of amides is 2. The number of carbonyl (C=O) groups excluding carboxylic acids is 2. The Labute approximate surface area is 84.4 Å². The molecular weight excluding hydrogens is 182 g/mol. The molecule has 0 saturated carbocycles. The van der Waals surface area contributed by atoms with Gasteiger partial charge in [-0.1, -0.05) is 13.8 Å². The summed E-state index contributed by atoms with van der Waals surface area (Å²) in [7, 11) is 1.53. The average Bonchev–Trinajstić information content (AvgIpc) is 2.14. The SMILES string of the molecule is CNC(=O)CNC(=O)C(CN)C(C)C. The fraction of sp³-hybridized carbons (Fsp3) is 0.778. The maximum atomic E-state index is 11.5. The molecule has 0 radical (unpaired) electrons. The van der Waals surface area contributed by atoms with E-state index in [0.717, 1.165) is 0 Å². The molecule has 0 bridgehead atoms. The Morgan fingerprint density at radius 1 is 1.36 bits per heavy atom. The number of hydrogen-bond acceptors (Lipinski definition) is 3. The largest absolute Gasteiger partial charge is 0.358 e. The van der Waals surface area contributed by atoms with Gasteiger partial charge in [0.1, 0.15) is 0 Å². The number of nitrogens with two attached hydrogens (primary N) is 1. The Morgan fingerprint density at radius 2 is 1.93 bits per heavy atom. The average molecular weight is 201 g/mol. The van der Waals surface area contributed by atoms with Crippen LogP contribution in [0, 0.1) is 11.8 Å². The Hall–Kier alpha value is -1.10. The summed E-state index contributed by atoms with van der Waals surface area (Å²) < 4.78 is 0. The van der Waals surface area contributed by atoms with E-state index in [4.69, 9.17) is 5.73 Å². The van der Waals surface area contributed by atoms with Gasteiger partial charge in [-0.05, 0) is 5.92 Å². The molecule has 0 fully saturated rings. The Kier molecular flexibility index (Phi) is 5.87. The standard InChI is InChI=1S/C9H19N3O2/c1-6(2)7(4-10)9(14)12-5-8(13)11-3/h6-7H,4-5,10H2,1-3H3,(H,11,13)(H,12,14). The normalized spacial score (nSPS) is 12.4. The molecule has 0 heterocycles. The summed E-state index contributed by atoms with van der Waals surface area (Å²) >= 11 is 0. The summed E-state index contributed by atoms with van der Waals surface area (Å²) in [6.07, 6.45) is 0. The molecule has 1 unspecified atom stereocenters. The first-order valence-corrected chi connectivity index (χ1v) is 4.71. The van der Waals surface area contributed by atoms with Gasteiger partial charge in [0.25, 0.3) is 0 Å². The van der Waals surface area contributed by atoms with E-state index >= 15 is 0 Å². The molecule has 0 aromatic rings. The van der Waals surface area contributed by atoms with Crippen molar-refractivity contribution in [3.8, 4) is 0 Å². The summed E-state index contributed by atoms with van der Waals surface area (Å²) in [5, 5.41) is 4.96. The molecule has 82 valence electrons. The van der Waals surface area contributed by atoms with Crippen LogP contribution in [0.2, 0.25) is 0 Å². The van der Waals surface area contributed by atoms with E-state index in [1.165, 1.54) is 7.05 Å². The minimum Gasteiger partial charge on any atom is -0.358 e. The maximum Gasteiger partial charge on any atom is 0.239 e. The lowest BCUT2D eigenvalue weighted by Crippen LogP contribution is -2.42. The van der Waals surface area contributed by atoms with Crippen molar-refractivity contribution >= 4 is 11.8 Å². The number of hydrogen-bond donors (Lipinski definition) is 3. The van der Waals surface area contributed by atoms with Crippen LogP contribution in [-0.4, -0.2) is 32.0 Å². The number of likely N-dealkylation sites (N-methyl/N-ethyl adjacent to an activating group) is 1. The Balaban J connectivity index is 3.99. The Bertz CT molecular complexity index is 204. The highest BCUT2D eigenvalue weighted by molar-refractivity contribution is 5.85. The van der Waals surface area contributed by atoms with Crippen molar-refractivity contribution in [2.24, 2.45) is 17.6 Å². The van der Waals surface area contributed by atoms with Crippen molar-refractivity contribution in [2.45, 2.75) is 13.8 Å². The van der Waals surface area contributed by atoms with E-state index in [2.05, 4.69) is 10.6 Å². The minimum atomic E-state index is -0.223. The van der Waals surface area contributed by atoms with Crippen molar-refractivity contribution in [3.63, 3.8) is 0 Å². The van der Waals surface area contributed by atoms with Gasteiger partial charge in [-0.2, -0.15) is 0 Å². The van der Waals surface area contributed by atoms with Gasteiger partial charge in [0.15, 0.2) is 0 Å². The minimum absolute atomic E-state index is 0.0125. The van der Waals surface area contributed by atoms with E-state index in [-0.39, 0.29) is 30.2 Å². The van der Waals surface area contributed by atoms with Gasteiger partial charge in [0.05, 0.1) is 12.5 Å². The molecule has 0 aliphatic rings. The van der Waals surface area contributed by atoms with Crippen LogP contribution >= 0.6 is 0 Å². The fourth-order valence-corrected chi connectivity index (χ4v) is 1.07. The fourth-order valence-electron chi connectivity index (χ4n) is 1.07. The van der Waals surface area contributed by atoms with Gasteiger partial charge in [0, 0.05) is 13.6 Å². The lowest BCUT2D eigenvalue weighted by atomic mass is 9.95. The lowest BCUT2D eigenvalue weighted by molar-refractivity contribution is -0.129. The Morgan fingerprint density at radius 3 is 2.29 bits per heavy atom. The van der Waals surface area contributed by atoms with Crippen molar-refractivity contribution < 1.29 is 9.59 Å². The second kappa shape index (κ2) is 6.37. The van der Waals surface area contributed by atoms with E-state index in [1.807, 2.05) is 13.8 Å². The van der Waals surface area contributed by atoms with Crippen LogP contribution in [0.15, 0.2) is 0 Å². The third kappa shape index (κ3) is 4.23. The zero-order valence-electron chi connectivity index (χ0n) is 8.96. The zero-order valence-corrected chi connectivity index (χ0v) is 8.96. The van der Waals surface area contributed by atoms with E-state index in [9.17, 15) is 9.59 Å². The van der Waals surface area contributed by atoms with Crippen LogP contribution in [0.4, 0.5) is 0 Å².